The minimum Gasteiger partial charge on any atom is -0.483 e. The molecule has 1 saturated carbocycles. The van der Waals surface area contributed by atoms with Crippen LogP contribution in [0.5, 0.6) is 5.75 Å². The molecule has 0 spiro atoms. The van der Waals surface area contributed by atoms with Crippen molar-refractivity contribution in [1.29, 1.82) is 0 Å². The highest BCUT2D eigenvalue weighted by atomic mass is 35.5. The number of rotatable bonds is 9. The molecule has 3 rings (SSSR count). The molecule has 1 unspecified atom stereocenters. The van der Waals surface area contributed by atoms with E-state index in [1.165, 1.54) is 0 Å². The number of halogens is 2. The number of ether oxygens (including phenoxy) is 1. The van der Waals surface area contributed by atoms with E-state index in [0.29, 0.717) is 27.8 Å². The van der Waals surface area contributed by atoms with Crippen LogP contribution in [0, 0.1) is 13.8 Å². The Kier molecular flexibility index (Phi) is 9.04. The van der Waals surface area contributed by atoms with Crippen LogP contribution >= 0.6 is 23.2 Å². The molecule has 0 radical (unpaired) electrons. The number of carbonyl (C=O) groups is 2. The number of hydrogen-bond acceptors (Lipinski definition) is 3. The van der Waals surface area contributed by atoms with E-state index in [1.807, 2.05) is 39.0 Å². The summed E-state index contributed by atoms with van der Waals surface area (Å²) >= 11 is 12.8. The van der Waals surface area contributed by atoms with Gasteiger partial charge in [0.15, 0.2) is 6.61 Å². The van der Waals surface area contributed by atoms with Gasteiger partial charge in [0.05, 0.1) is 0 Å². The quantitative estimate of drug-likeness (QED) is 0.479. The van der Waals surface area contributed by atoms with Gasteiger partial charge in [-0.2, -0.15) is 0 Å². The summed E-state index contributed by atoms with van der Waals surface area (Å²) in [5, 5.41) is 4.05. The molecule has 1 atom stereocenters. The van der Waals surface area contributed by atoms with E-state index >= 15 is 0 Å². The second-order valence-corrected chi connectivity index (χ2v) is 9.44. The van der Waals surface area contributed by atoms with Crippen molar-refractivity contribution in [1.82, 2.24) is 10.2 Å². The molecule has 1 N–H and O–H groups in total. The van der Waals surface area contributed by atoms with Gasteiger partial charge in [-0.05, 0) is 62.4 Å². The molecule has 0 aromatic heterocycles. The van der Waals surface area contributed by atoms with Crippen molar-refractivity contribution < 1.29 is 14.3 Å². The van der Waals surface area contributed by atoms with E-state index < -0.39 is 6.04 Å². The third-order valence-electron chi connectivity index (χ3n) is 6.38. The Morgan fingerprint density at radius 1 is 1.09 bits per heavy atom. The van der Waals surface area contributed by atoms with Crippen molar-refractivity contribution in [3.63, 3.8) is 0 Å². The predicted octanol–water partition coefficient (Wildman–Crippen LogP) is 5.86. The molecule has 1 fully saturated rings. The van der Waals surface area contributed by atoms with Gasteiger partial charge in [0.2, 0.25) is 5.91 Å². The maximum Gasteiger partial charge on any atom is 0.261 e. The van der Waals surface area contributed by atoms with Gasteiger partial charge < -0.3 is 15.0 Å². The van der Waals surface area contributed by atoms with Crippen LogP contribution in [0.4, 0.5) is 0 Å². The summed E-state index contributed by atoms with van der Waals surface area (Å²) in [6, 6.07) is 10.5. The maximum atomic E-state index is 13.4. The molecule has 33 heavy (non-hydrogen) atoms. The van der Waals surface area contributed by atoms with Crippen molar-refractivity contribution in [2.24, 2.45) is 0 Å². The SMILES string of the molecule is CCC(C(=O)NC1CCCC1)N(Cc1c(Cl)cccc1Cl)C(=O)COc1cccc(C)c1C. The topological polar surface area (TPSA) is 58.6 Å². The zero-order valence-electron chi connectivity index (χ0n) is 19.5. The highest BCUT2D eigenvalue weighted by molar-refractivity contribution is 6.36. The first-order chi connectivity index (χ1) is 15.8. The molecule has 2 aromatic rings. The van der Waals surface area contributed by atoms with Gasteiger partial charge in [0.25, 0.3) is 5.91 Å². The first-order valence-electron chi connectivity index (χ1n) is 11.5. The van der Waals surface area contributed by atoms with Crippen LogP contribution in [-0.4, -0.2) is 35.4 Å². The van der Waals surface area contributed by atoms with Crippen LogP contribution in [0.3, 0.4) is 0 Å². The molecule has 1 aliphatic carbocycles. The van der Waals surface area contributed by atoms with Gasteiger partial charge in [0, 0.05) is 28.2 Å². The van der Waals surface area contributed by atoms with Crippen LogP contribution in [0.2, 0.25) is 10.0 Å². The Bertz CT molecular complexity index is 969. The smallest absolute Gasteiger partial charge is 0.261 e. The lowest BCUT2D eigenvalue weighted by molar-refractivity contribution is -0.143. The Hall–Kier alpha value is -2.24. The number of carbonyl (C=O) groups excluding carboxylic acids is 2. The first-order valence-corrected chi connectivity index (χ1v) is 12.3. The number of hydrogen-bond donors (Lipinski definition) is 1. The van der Waals surface area contributed by atoms with E-state index in [2.05, 4.69) is 5.32 Å². The Balaban J connectivity index is 1.83. The highest BCUT2D eigenvalue weighted by Crippen LogP contribution is 2.28. The van der Waals surface area contributed by atoms with Crippen LogP contribution < -0.4 is 10.1 Å². The zero-order chi connectivity index (χ0) is 24.0. The van der Waals surface area contributed by atoms with Gasteiger partial charge in [-0.15, -0.1) is 0 Å². The number of benzene rings is 2. The van der Waals surface area contributed by atoms with Gasteiger partial charge in [-0.1, -0.05) is 61.2 Å². The Morgan fingerprint density at radius 2 is 1.73 bits per heavy atom. The number of nitrogens with one attached hydrogen (secondary N) is 1. The molecular weight excluding hydrogens is 459 g/mol. The number of amides is 2. The average molecular weight is 491 g/mol. The summed E-state index contributed by atoms with van der Waals surface area (Å²) in [5.74, 6) is 0.218. The predicted molar refractivity (Wildman–Crippen MR) is 133 cm³/mol. The van der Waals surface area contributed by atoms with Crippen molar-refractivity contribution in [2.45, 2.75) is 71.5 Å². The normalized spacial score (nSPS) is 14.7. The third kappa shape index (κ3) is 6.42. The van der Waals surface area contributed by atoms with E-state index in [4.69, 9.17) is 27.9 Å². The van der Waals surface area contributed by atoms with Crippen LogP contribution in [0.15, 0.2) is 36.4 Å². The molecule has 2 aromatic carbocycles. The van der Waals surface area contributed by atoms with Gasteiger partial charge >= 0.3 is 0 Å². The van der Waals surface area contributed by atoms with Gasteiger partial charge in [-0.3, -0.25) is 9.59 Å². The van der Waals surface area contributed by atoms with Crippen LogP contribution in [-0.2, 0) is 16.1 Å². The highest BCUT2D eigenvalue weighted by Gasteiger charge is 2.31. The van der Waals surface area contributed by atoms with Gasteiger partial charge in [-0.25, -0.2) is 0 Å². The summed E-state index contributed by atoms with van der Waals surface area (Å²) in [4.78, 5) is 28.2. The molecule has 0 bridgehead atoms. The lowest BCUT2D eigenvalue weighted by Crippen LogP contribution is -2.52. The van der Waals surface area contributed by atoms with E-state index in [1.54, 1.807) is 23.1 Å². The molecule has 1 aliphatic rings. The molecule has 178 valence electrons. The van der Waals surface area contributed by atoms with Crippen molar-refractivity contribution in [3.05, 3.63) is 63.1 Å². The van der Waals surface area contributed by atoms with E-state index in [-0.39, 0.29) is 31.0 Å². The monoisotopic (exact) mass is 490 g/mol. The lowest BCUT2D eigenvalue weighted by atomic mass is 10.1. The summed E-state index contributed by atoms with van der Waals surface area (Å²) in [6.45, 7) is 5.80. The lowest BCUT2D eigenvalue weighted by Gasteiger charge is -2.32. The molecule has 0 saturated heterocycles. The maximum absolute atomic E-state index is 13.4. The zero-order valence-corrected chi connectivity index (χ0v) is 21.0. The fraction of sp³-hybridized carbons (Fsp3) is 0.462. The molecule has 2 amide bonds. The van der Waals surface area contributed by atoms with Crippen molar-refractivity contribution >= 4 is 35.0 Å². The van der Waals surface area contributed by atoms with E-state index in [9.17, 15) is 9.59 Å². The standard InChI is InChI=1S/C26H32Cl2N2O3/c1-4-23(26(32)29-19-10-5-6-11-19)30(15-20-21(27)12-8-13-22(20)28)25(31)16-33-24-14-7-9-17(2)18(24)3/h7-9,12-14,19,23H,4-6,10-11,15-16H2,1-3H3,(H,29,32). The molecule has 0 aliphatic heterocycles. The number of nitrogens with zero attached hydrogens (tertiary/aromatic N) is 1. The number of aryl methyl sites for hydroxylation is 1. The molecule has 7 heteroatoms. The second kappa shape index (κ2) is 11.8. The largest absolute Gasteiger partial charge is 0.483 e. The van der Waals surface area contributed by atoms with Crippen LogP contribution in [0.25, 0.3) is 0 Å². The Morgan fingerprint density at radius 3 is 2.36 bits per heavy atom. The molecule has 5 nitrogen and oxygen atoms in total. The minimum atomic E-state index is -0.646. The van der Waals surface area contributed by atoms with Crippen LogP contribution in [0.1, 0.15) is 55.7 Å². The summed E-state index contributed by atoms with van der Waals surface area (Å²) in [5.41, 5.74) is 2.69. The van der Waals surface area contributed by atoms with Gasteiger partial charge in [0.1, 0.15) is 11.8 Å². The van der Waals surface area contributed by atoms with Crippen molar-refractivity contribution in [3.8, 4) is 5.75 Å². The molecular formula is C26H32Cl2N2O3. The molecule has 0 heterocycles. The second-order valence-electron chi connectivity index (χ2n) is 8.62. The fourth-order valence-electron chi connectivity index (χ4n) is 4.24. The Labute approximate surface area is 206 Å². The summed E-state index contributed by atoms with van der Waals surface area (Å²) in [6.07, 6.45) is 4.65. The fourth-order valence-corrected chi connectivity index (χ4v) is 4.76. The summed E-state index contributed by atoms with van der Waals surface area (Å²) < 4.78 is 5.88. The average Bonchev–Trinajstić information content (AvgIpc) is 3.29. The van der Waals surface area contributed by atoms with Crippen molar-refractivity contribution in [2.75, 3.05) is 6.61 Å². The first kappa shape index (κ1) is 25.4. The third-order valence-corrected chi connectivity index (χ3v) is 7.09. The van der Waals surface area contributed by atoms with E-state index in [0.717, 1.165) is 36.8 Å². The minimum absolute atomic E-state index is 0.129. The summed E-state index contributed by atoms with van der Waals surface area (Å²) in [7, 11) is 0.